The molecule has 13 heteroatoms. The van der Waals surface area contributed by atoms with Gasteiger partial charge in [0.05, 0.1) is 33.8 Å². The second-order valence-electron chi connectivity index (χ2n) is 5.29. The van der Waals surface area contributed by atoms with Gasteiger partial charge in [-0.15, -0.1) is 5.10 Å². The Labute approximate surface area is 138 Å². The molecule has 0 bridgehead atoms. The first-order chi connectivity index (χ1) is 11.2. The van der Waals surface area contributed by atoms with Gasteiger partial charge in [0.1, 0.15) is 5.52 Å². The van der Waals surface area contributed by atoms with Crippen LogP contribution >= 0.6 is 0 Å². The molecule has 0 fully saturated rings. The second kappa shape index (κ2) is 7.27. The lowest BCUT2D eigenvalue weighted by molar-refractivity contribution is -0.472. The minimum Gasteiger partial charge on any atom is -0.418 e. The summed E-state index contributed by atoms with van der Waals surface area (Å²) >= 11 is 0. The SMILES string of the molecule is CN(C)C(n1nnc2ccc(C(F)(F)F)cc21)=[N+](C)C.F[B-](F)(F)F. The molecule has 2 rings (SSSR count). The fourth-order valence-electron chi connectivity index (χ4n) is 2.02. The summed E-state index contributed by atoms with van der Waals surface area (Å²) < 4.78 is 80.5. The van der Waals surface area contributed by atoms with E-state index in [9.17, 15) is 30.4 Å². The highest BCUT2D eigenvalue weighted by atomic mass is 19.5. The van der Waals surface area contributed by atoms with Gasteiger partial charge in [0.25, 0.3) is 0 Å². The smallest absolute Gasteiger partial charge is 0.418 e. The number of nitrogens with zero attached hydrogens (tertiary/aromatic N) is 5. The van der Waals surface area contributed by atoms with E-state index in [2.05, 4.69) is 10.3 Å². The van der Waals surface area contributed by atoms with Crippen molar-refractivity contribution in [2.24, 2.45) is 0 Å². The van der Waals surface area contributed by atoms with Crippen LogP contribution in [0.25, 0.3) is 11.0 Å². The number of rotatable bonds is 0. The van der Waals surface area contributed by atoms with Crippen LogP contribution in [-0.4, -0.2) is 65.9 Å². The van der Waals surface area contributed by atoms with E-state index in [0.717, 1.165) is 12.1 Å². The number of halogens is 7. The third kappa shape index (κ3) is 5.91. The lowest BCUT2D eigenvalue weighted by atomic mass is 10.2. The van der Waals surface area contributed by atoms with E-state index in [4.69, 9.17) is 0 Å². The molecule has 0 spiro atoms. The second-order valence-corrected chi connectivity index (χ2v) is 5.29. The van der Waals surface area contributed by atoms with Crippen molar-refractivity contribution >= 4 is 24.2 Å². The molecule has 25 heavy (non-hydrogen) atoms. The molecular formula is C12H15BF7N5. The maximum Gasteiger partial charge on any atom is 0.673 e. The van der Waals surface area contributed by atoms with E-state index >= 15 is 0 Å². The summed E-state index contributed by atoms with van der Waals surface area (Å²) in [6.45, 7) is 0. The minimum absolute atomic E-state index is 0.317. The predicted octanol–water partition coefficient (Wildman–Crippen LogP) is 2.79. The highest BCUT2D eigenvalue weighted by molar-refractivity contribution is 6.50. The van der Waals surface area contributed by atoms with Crippen LogP contribution in [0.15, 0.2) is 18.2 Å². The number of alkyl halides is 3. The van der Waals surface area contributed by atoms with Gasteiger partial charge in [-0.1, -0.05) is 4.68 Å². The van der Waals surface area contributed by atoms with Crippen LogP contribution in [-0.2, 0) is 6.18 Å². The number of hydrogen-bond donors (Lipinski definition) is 0. The van der Waals surface area contributed by atoms with Gasteiger partial charge in [-0.05, 0) is 18.2 Å². The Bertz CT molecular complexity index is 753. The maximum atomic E-state index is 12.8. The summed E-state index contributed by atoms with van der Waals surface area (Å²) in [5.41, 5.74) is 0.0156. The van der Waals surface area contributed by atoms with Gasteiger partial charge in [0.2, 0.25) is 0 Å². The van der Waals surface area contributed by atoms with Crippen molar-refractivity contribution in [3.63, 3.8) is 0 Å². The molecule has 1 aromatic carbocycles. The normalized spacial score (nSPS) is 11.8. The lowest BCUT2D eigenvalue weighted by Gasteiger charge is -2.11. The first-order valence-electron chi connectivity index (χ1n) is 6.73. The zero-order chi connectivity index (χ0) is 19.6. The van der Waals surface area contributed by atoms with E-state index in [-0.39, 0.29) is 0 Å². The molecule has 0 amide bonds. The summed E-state index contributed by atoms with van der Waals surface area (Å²) in [5.74, 6) is 0.617. The van der Waals surface area contributed by atoms with Crippen molar-refractivity contribution in [2.45, 2.75) is 6.18 Å². The first-order valence-corrected chi connectivity index (χ1v) is 6.73. The molecule has 0 N–H and O–H groups in total. The molecule has 0 radical (unpaired) electrons. The molecule has 140 valence electrons. The van der Waals surface area contributed by atoms with E-state index in [1.54, 1.807) is 37.7 Å². The van der Waals surface area contributed by atoms with E-state index in [1.807, 2.05) is 0 Å². The van der Waals surface area contributed by atoms with Crippen molar-refractivity contribution in [3.8, 4) is 0 Å². The van der Waals surface area contributed by atoms with Crippen molar-refractivity contribution < 1.29 is 35.0 Å². The molecule has 0 aliphatic carbocycles. The van der Waals surface area contributed by atoms with Gasteiger partial charge >= 0.3 is 19.4 Å². The van der Waals surface area contributed by atoms with Crippen LogP contribution in [0, 0.1) is 0 Å². The molecule has 2 aromatic rings. The standard InChI is InChI=1S/C12H15F3N5.BF4/c1-18(2)11(19(3)4)20-10-7-8(12(13,14)15)5-6-9(10)16-17-20;2-1(3,4)5/h5-7H,1-4H3;/q+1;-1. The zero-order valence-electron chi connectivity index (χ0n) is 13.7. The van der Waals surface area contributed by atoms with Crippen LogP contribution in [0.2, 0.25) is 0 Å². The predicted molar refractivity (Wildman–Crippen MR) is 78.9 cm³/mol. The monoisotopic (exact) mass is 373 g/mol. The Balaban J connectivity index is 0.000000550. The molecule has 1 aromatic heterocycles. The third-order valence-corrected chi connectivity index (χ3v) is 2.76. The summed E-state index contributed by atoms with van der Waals surface area (Å²) in [7, 11) is 1.15. The number of aromatic nitrogens is 3. The highest BCUT2D eigenvalue weighted by Gasteiger charge is 2.32. The Morgan fingerprint density at radius 1 is 1.12 bits per heavy atom. The van der Waals surface area contributed by atoms with Crippen molar-refractivity contribution in [1.82, 2.24) is 19.9 Å². The van der Waals surface area contributed by atoms with Crippen LogP contribution in [0.5, 0.6) is 0 Å². The Morgan fingerprint density at radius 2 is 1.64 bits per heavy atom. The zero-order valence-corrected chi connectivity index (χ0v) is 13.7. The van der Waals surface area contributed by atoms with Gasteiger partial charge in [-0.3, -0.25) is 9.48 Å². The average molecular weight is 373 g/mol. The molecule has 0 unspecified atom stereocenters. The van der Waals surface area contributed by atoms with Gasteiger partial charge in [0, 0.05) is 5.21 Å². The van der Waals surface area contributed by atoms with Crippen LogP contribution in [0.1, 0.15) is 5.56 Å². The van der Waals surface area contributed by atoms with Gasteiger partial charge in [0.15, 0.2) is 5.52 Å². The van der Waals surface area contributed by atoms with E-state index in [0.29, 0.717) is 17.0 Å². The molecular weight excluding hydrogens is 358 g/mol. The molecule has 1 heterocycles. The van der Waals surface area contributed by atoms with E-state index in [1.165, 1.54) is 10.7 Å². The Hall–Kier alpha value is -2.34. The fraction of sp³-hybridized carbons (Fsp3) is 0.417. The highest BCUT2D eigenvalue weighted by Crippen LogP contribution is 2.30. The molecule has 0 saturated carbocycles. The molecule has 0 atom stereocenters. The number of fused-ring (bicyclic) bond motifs is 1. The van der Waals surface area contributed by atoms with Crippen molar-refractivity contribution in [3.05, 3.63) is 23.8 Å². The van der Waals surface area contributed by atoms with Crippen LogP contribution in [0.4, 0.5) is 30.4 Å². The van der Waals surface area contributed by atoms with Crippen LogP contribution < -0.4 is 0 Å². The summed E-state index contributed by atoms with van der Waals surface area (Å²) in [4.78, 5) is 1.76. The summed E-state index contributed by atoms with van der Waals surface area (Å²) in [6, 6.07) is 3.39. The minimum atomic E-state index is -6.00. The van der Waals surface area contributed by atoms with E-state index < -0.39 is 19.0 Å². The van der Waals surface area contributed by atoms with Crippen LogP contribution in [0.3, 0.4) is 0 Å². The average Bonchev–Trinajstić information content (AvgIpc) is 2.78. The van der Waals surface area contributed by atoms with Gasteiger partial charge in [-0.2, -0.15) is 13.2 Å². The van der Waals surface area contributed by atoms with Crippen molar-refractivity contribution in [2.75, 3.05) is 28.2 Å². The molecule has 0 aliphatic rings. The molecule has 0 saturated heterocycles. The third-order valence-electron chi connectivity index (χ3n) is 2.76. The Kier molecular flexibility index (Phi) is 6.03. The summed E-state index contributed by atoms with van der Waals surface area (Å²) in [6.07, 6.45) is -4.39. The van der Waals surface area contributed by atoms with Gasteiger partial charge in [-0.25, -0.2) is 0 Å². The van der Waals surface area contributed by atoms with Crippen molar-refractivity contribution in [1.29, 1.82) is 0 Å². The first kappa shape index (κ1) is 20.7. The molecule has 5 nitrogen and oxygen atoms in total. The van der Waals surface area contributed by atoms with Gasteiger partial charge < -0.3 is 17.3 Å². The molecule has 0 aliphatic heterocycles. The lowest BCUT2D eigenvalue weighted by Crippen LogP contribution is -2.36. The maximum absolute atomic E-state index is 12.8. The quantitative estimate of drug-likeness (QED) is 0.234. The number of benzene rings is 1. The Morgan fingerprint density at radius 3 is 2.04 bits per heavy atom. The number of hydrogen-bond acceptors (Lipinski definition) is 2. The largest absolute Gasteiger partial charge is 0.673 e. The summed E-state index contributed by atoms with van der Waals surface area (Å²) in [5, 5.41) is 7.84. The fourth-order valence-corrected chi connectivity index (χ4v) is 2.02. The topological polar surface area (TPSA) is 37.0 Å².